The monoisotopic (exact) mass is 1470 g/mol. The van der Waals surface area contributed by atoms with Gasteiger partial charge in [0.15, 0.2) is 4.87 Å². The molecule has 516 valence electrons. The smallest absolute Gasteiger partial charge is 0.327 e. The average Bonchev–Trinajstić information content (AvgIpc) is 1.76. The molecule has 11 rings (SSSR count). The molecule has 0 aliphatic carbocycles. The summed E-state index contributed by atoms with van der Waals surface area (Å²) < 4.78 is 0. The Morgan fingerprint density at radius 1 is 0.714 bits per heavy atom. The number of thioether (sulfide) groups is 4. The van der Waals surface area contributed by atoms with E-state index in [2.05, 4.69) is 69.4 Å². The van der Waals surface area contributed by atoms with Crippen molar-refractivity contribution in [2.45, 2.75) is 113 Å². The van der Waals surface area contributed by atoms with Crippen molar-refractivity contribution in [3.05, 3.63) is 86.1 Å². The van der Waals surface area contributed by atoms with Crippen LogP contribution in [-0.4, -0.2) is 210 Å². The van der Waals surface area contributed by atoms with E-state index in [1.165, 1.54) is 101 Å². The maximum Gasteiger partial charge on any atom is 0.327 e. The van der Waals surface area contributed by atoms with Gasteiger partial charge in [-0.1, -0.05) is 18.7 Å². The van der Waals surface area contributed by atoms with Gasteiger partial charge in [-0.2, -0.15) is 0 Å². The van der Waals surface area contributed by atoms with Gasteiger partial charge in [0.25, 0.3) is 23.6 Å². The number of nitrogens with one attached hydrogen (secondary N) is 9. The largest absolute Gasteiger partial charge is 0.480 e. The van der Waals surface area contributed by atoms with Crippen molar-refractivity contribution < 1.29 is 67.7 Å². The van der Waals surface area contributed by atoms with Gasteiger partial charge in [-0.25, -0.2) is 24.7 Å². The molecule has 39 heteroatoms. The molecule has 1 fully saturated rings. The number of nitrogens with two attached hydrogens (primary N) is 1. The number of carbonyl (C=O) groups excluding carboxylic acids is 11. The number of carboxylic acids is 1. The molecule has 0 radical (unpaired) electrons. The Morgan fingerprint density at radius 3 is 1.98 bits per heavy atom. The zero-order chi connectivity index (χ0) is 70.4. The SMILES string of the molecule is C=C1NC(=O)[C@@H]2CSC(=N2)c2csc(n2)-c2ccc3c(n2)[C@@H](C)NC(=O)[C@@H]2CCCN2C(=O)/C(=C\C)NC(=O)CNC(=O)[C@H]([C@@H](C)O)NC(=O)[C@@](C)(NC(=O)/C(=C\C)NC(=O)[C@@H]2CSC(=N2)[C@H](CC(N)=O)NC3=O)SC[C@@H](C(=O)O)NC(=O)[C@@H]2CSC(=N2)c2csc(n2)-c2csc1n2. The highest BCUT2D eigenvalue weighted by atomic mass is 32.2. The van der Waals surface area contributed by atoms with Gasteiger partial charge in [0.05, 0.1) is 58.8 Å². The van der Waals surface area contributed by atoms with E-state index < -0.39 is 155 Å². The van der Waals surface area contributed by atoms with Gasteiger partial charge in [-0.15, -0.1) is 81.1 Å². The first-order chi connectivity index (χ1) is 46.7. The van der Waals surface area contributed by atoms with Gasteiger partial charge in [-0.05, 0) is 59.6 Å². The summed E-state index contributed by atoms with van der Waals surface area (Å²) in [5.41, 5.74) is 6.62. The number of aromatic nitrogens is 4. The second-order valence-corrected chi connectivity index (χ2v) is 29.7. The van der Waals surface area contributed by atoms with Crippen LogP contribution in [0.4, 0.5) is 0 Å². The first-order valence-electron chi connectivity index (χ1n) is 30.1. The highest BCUT2D eigenvalue weighted by molar-refractivity contribution is 8.15. The predicted molar refractivity (Wildman–Crippen MR) is 370 cm³/mol. The fourth-order valence-corrected chi connectivity index (χ4v) is 17.0. The van der Waals surface area contributed by atoms with Crippen molar-refractivity contribution in [2.24, 2.45) is 20.7 Å². The Hall–Kier alpha value is -8.73. The first kappa shape index (κ1) is 72.0. The number of aliphatic imine (C=N–C) groups is 3. The van der Waals surface area contributed by atoms with E-state index in [4.69, 9.17) is 25.7 Å². The number of primary amides is 1. The van der Waals surface area contributed by atoms with Crippen LogP contribution in [0.5, 0.6) is 0 Å². The third-order valence-corrected chi connectivity index (χ3v) is 22.9. The second-order valence-electron chi connectivity index (χ2n) is 22.7. The average molecular weight is 1470 g/mol. The number of aliphatic hydroxyl groups excluding tert-OH is 1. The summed E-state index contributed by atoms with van der Waals surface area (Å²) in [6, 6.07) is -7.50. The Balaban J connectivity index is 1.05. The van der Waals surface area contributed by atoms with Gasteiger partial charge >= 0.3 is 5.97 Å². The van der Waals surface area contributed by atoms with Gasteiger partial charge in [-0.3, -0.25) is 67.7 Å². The van der Waals surface area contributed by atoms with Crippen LogP contribution in [0.3, 0.4) is 0 Å². The Kier molecular flexibility index (Phi) is 22.8. The van der Waals surface area contributed by atoms with Crippen LogP contribution in [-0.2, 0) is 52.7 Å². The minimum absolute atomic E-state index is 0.00174. The number of rotatable bonds is 4. The van der Waals surface area contributed by atoms with Crippen molar-refractivity contribution in [1.82, 2.24) is 72.7 Å². The maximum absolute atomic E-state index is 14.8. The number of allylic oxidation sites excluding steroid dienone is 2. The molecule has 0 saturated carbocycles. The molecule has 0 aromatic carbocycles. The van der Waals surface area contributed by atoms with Gasteiger partial charge < -0.3 is 68.7 Å². The third kappa shape index (κ3) is 16.5. The number of amides is 11. The highest BCUT2D eigenvalue weighted by Crippen LogP contribution is 2.35. The highest BCUT2D eigenvalue weighted by Gasteiger charge is 2.44. The van der Waals surface area contributed by atoms with Crippen LogP contribution in [0.2, 0.25) is 0 Å². The van der Waals surface area contributed by atoms with Crippen molar-refractivity contribution in [3.63, 3.8) is 0 Å². The minimum Gasteiger partial charge on any atom is -0.480 e. The molecule has 7 aliphatic heterocycles. The molecule has 0 spiro atoms. The molecule has 1 saturated heterocycles. The number of pyridine rings is 1. The molecule has 32 nitrogen and oxygen atoms in total. The van der Waals surface area contributed by atoms with Crippen molar-refractivity contribution in [2.75, 3.05) is 36.1 Å². The number of aliphatic hydroxyl groups is 1. The lowest BCUT2D eigenvalue weighted by Crippen LogP contribution is -2.62. The molecule has 7 aliphatic rings. The lowest BCUT2D eigenvalue weighted by molar-refractivity contribution is -0.141. The van der Waals surface area contributed by atoms with E-state index in [0.29, 0.717) is 60.4 Å². The zero-order valence-corrected chi connectivity index (χ0v) is 58.3. The van der Waals surface area contributed by atoms with Gasteiger partial charge in [0.2, 0.25) is 41.4 Å². The van der Waals surface area contributed by atoms with Crippen LogP contribution in [0.25, 0.3) is 27.1 Å². The van der Waals surface area contributed by atoms with E-state index in [1.54, 1.807) is 23.1 Å². The summed E-state index contributed by atoms with van der Waals surface area (Å²) in [5.74, 6) is -11.8. The number of carbonyl (C=O) groups is 12. The number of nitrogens with zero attached hydrogens (tertiary/aromatic N) is 8. The topological polar surface area (TPSA) is 471 Å². The lowest BCUT2D eigenvalue weighted by Gasteiger charge is -2.32. The van der Waals surface area contributed by atoms with E-state index in [-0.39, 0.29) is 63.6 Å². The molecule has 98 heavy (non-hydrogen) atoms. The molecule has 11 heterocycles. The molecular formula is C59H64N18O14S7. The summed E-state index contributed by atoms with van der Waals surface area (Å²) in [4.78, 5) is 200. The maximum atomic E-state index is 14.8. The Morgan fingerprint density at radius 2 is 1.33 bits per heavy atom. The summed E-state index contributed by atoms with van der Waals surface area (Å²) in [7, 11) is 0. The summed E-state index contributed by atoms with van der Waals surface area (Å²) in [6.45, 7) is 9.91. The number of aliphatic carboxylic acids is 1. The number of thiazole rings is 3. The number of carboxylic acid groups (broad SMARTS) is 1. The fraction of sp³-hybridized carbons (Fsp3) is 0.407. The molecule has 13 N–H and O–H groups in total. The Bertz CT molecular complexity index is 4150. The van der Waals surface area contributed by atoms with Crippen LogP contribution in [0.1, 0.15) is 92.4 Å². The van der Waals surface area contributed by atoms with Crippen LogP contribution in [0.15, 0.2) is 73.4 Å². The predicted octanol–water partition coefficient (Wildman–Crippen LogP) is 0.136. The minimum atomic E-state index is -2.35. The second kappa shape index (κ2) is 31.0. The van der Waals surface area contributed by atoms with Crippen molar-refractivity contribution in [1.29, 1.82) is 0 Å². The van der Waals surface area contributed by atoms with Crippen molar-refractivity contribution >= 4 is 173 Å². The molecule has 11 amide bonds. The van der Waals surface area contributed by atoms with E-state index in [9.17, 15) is 67.7 Å². The van der Waals surface area contributed by atoms with Crippen LogP contribution in [0, 0.1) is 0 Å². The fourth-order valence-electron chi connectivity index (χ4n) is 10.4. The van der Waals surface area contributed by atoms with Crippen molar-refractivity contribution in [3.8, 4) is 21.4 Å². The summed E-state index contributed by atoms with van der Waals surface area (Å²) >= 11 is 7.56. The zero-order valence-electron chi connectivity index (χ0n) is 52.6. The summed E-state index contributed by atoms with van der Waals surface area (Å²) in [5, 5.41) is 51.8. The molecular weight excluding hydrogens is 1410 g/mol. The summed E-state index contributed by atoms with van der Waals surface area (Å²) in [6.07, 6.45) is 0.722. The van der Waals surface area contributed by atoms with Gasteiger partial charge in [0, 0.05) is 45.7 Å². The standard InChI is InChI=1S/C59H64N18O14S7/c1-7-27-47(85)76-59(6)58(91)75-42(25(5)78)49(87)61-15-40(80)64-28(8-2)56(88)77-13-9-10-38(77)48(86)62-23(3)41-26(43(81)67-30(14-39(60)79)52-69-32(17-93-52)45(83)66-27)11-12-29(65-41)51-73-35(20-96-51)53-70-31(16-94-53)44(82)63-24(4)50-72-34(19-92-50)55-74-36(21-97-55)54-71-33(18-95-54)46(84)68-37(22-98-59)57(89)90/h7-8,11-12,19-21,23,25,30-33,37-38,42,78H,4,9-10,13-18,22H2,1-3,5-6H3,(H2,60,79)(H,61,87)(H,62,86)(H,63,82)(H,64,80)(H,66,83)(H,67,81)(H,68,84)(H,75,91)(H,76,85)(H,89,90)/b27-7+,28-8+/t23-,25-,30+,31+,32+,33+,37+,38+,42+,59+/m1/s1. The molecule has 16 bridgehead atoms. The first-order valence-corrected chi connectivity index (χ1v) is 36.7. The normalized spacial score (nSPS) is 27.1. The van der Waals surface area contributed by atoms with Gasteiger partial charge in [0.1, 0.15) is 89.8 Å². The molecule has 4 aromatic rings. The number of hydrogen-bond donors (Lipinski definition) is 12. The molecule has 0 unspecified atom stereocenters. The quantitative estimate of drug-likeness (QED) is 0.121. The molecule has 10 atom stereocenters. The number of hydrogen-bond acceptors (Lipinski definition) is 27. The third-order valence-electron chi connectivity index (χ3n) is 15.6. The lowest BCUT2D eigenvalue weighted by atomic mass is 10.0. The van der Waals surface area contributed by atoms with Crippen LogP contribution < -0.4 is 53.6 Å². The van der Waals surface area contributed by atoms with E-state index >= 15 is 0 Å². The van der Waals surface area contributed by atoms with E-state index in [0.717, 1.165) is 25.6 Å². The number of fused-ring (bicyclic) bond motifs is 8. The van der Waals surface area contributed by atoms with Crippen LogP contribution >= 0.6 is 81.1 Å². The Labute approximate surface area is 586 Å². The van der Waals surface area contributed by atoms with E-state index in [1.807, 2.05) is 0 Å². The molecule has 4 aromatic heterocycles.